The second kappa shape index (κ2) is 11.1. The second-order valence-electron chi connectivity index (χ2n) is 10.8. The van der Waals surface area contributed by atoms with Crippen LogP contribution in [-0.2, 0) is 15.7 Å². The van der Waals surface area contributed by atoms with Crippen LogP contribution in [0.3, 0.4) is 0 Å². The van der Waals surface area contributed by atoms with Crippen LogP contribution >= 0.6 is 0 Å². The molecule has 3 aliphatic rings. The molecule has 14 heteroatoms. The standard InChI is InChI=1S/C15H12F3N3O.C14H18N4O3/c16-15(17,18)14-19-11-9-5-1-2-6-10(9)22-12(11)13(20-14)21-7-3-4-8-21;1-9-14(7-20-8-14)21-3-2-18(9)12-4-10(11(16)5-15)6-17-13(12)19/h1-2,5-6H,3-4,7-8H2;4-6,9,15-16H,2-3,7-8H2,1H3,(H,17,19). The normalized spacial score (nSPS) is 19.8. The highest BCUT2D eigenvalue weighted by molar-refractivity contribution is 6.35. The fraction of sp³-hybridized carbons (Fsp3) is 0.414. The van der Waals surface area contributed by atoms with E-state index < -0.39 is 12.0 Å². The summed E-state index contributed by atoms with van der Waals surface area (Å²) in [5.74, 6) is -0.875. The van der Waals surface area contributed by atoms with Crippen molar-refractivity contribution in [3.8, 4) is 0 Å². The minimum Gasteiger partial charge on any atom is -0.450 e. The van der Waals surface area contributed by atoms with Crippen LogP contribution in [-0.4, -0.2) is 78.0 Å². The molecule has 3 fully saturated rings. The molecular formula is C29H30F3N7O4. The van der Waals surface area contributed by atoms with E-state index in [-0.39, 0.29) is 34.2 Å². The zero-order valence-electron chi connectivity index (χ0n) is 23.3. The first kappa shape index (κ1) is 28.8. The van der Waals surface area contributed by atoms with Crippen LogP contribution in [0, 0.1) is 10.8 Å². The summed E-state index contributed by atoms with van der Waals surface area (Å²) in [6.45, 7) is 5.63. The van der Waals surface area contributed by atoms with E-state index in [1.165, 1.54) is 6.20 Å². The number of benzene rings is 1. The Hall–Kier alpha value is -4.30. The van der Waals surface area contributed by atoms with Gasteiger partial charge in [-0.1, -0.05) is 12.1 Å². The number of fused-ring (bicyclic) bond motifs is 3. The van der Waals surface area contributed by atoms with E-state index in [9.17, 15) is 18.0 Å². The van der Waals surface area contributed by atoms with Gasteiger partial charge in [-0.15, -0.1) is 0 Å². The number of hydrogen-bond donors (Lipinski definition) is 3. The number of ether oxygens (including phenoxy) is 2. The molecule has 3 aliphatic heterocycles. The predicted molar refractivity (Wildman–Crippen MR) is 155 cm³/mol. The molecule has 1 atom stereocenters. The van der Waals surface area contributed by atoms with Crippen LogP contribution in [0.15, 0.2) is 45.7 Å². The zero-order chi connectivity index (χ0) is 30.4. The lowest BCUT2D eigenvalue weighted by atomic mass is 9.90. The van der Waals surface area contributed by atoms with Crippen molar-refractivity contribution in [2.75, 3.05) is 49.3 Å². The lowest BCUT2D eigenvalue weighted by Crippen LogP contribution is -2.68. The highest BCUT2D eigenvalue weighted by atomic mass is 19.4. The molecule has 7 rings (SSSR count). The number of hydrogen-bond acceptors (Lipinski definition) is 10. The van der Waals surface area contributed by atoms with Crippen LogP contribution in [0.5, 0.6) is 0 Å². The number of furan rings is 1. The Morgan fingerprint density at radius 1 is 1.16 bits per heavy atom. The van der Waals surface area contributed by atoms with E-state index in [1.807, 2.05) is 16.7 Å². The van der Waals surface area contributed by atoms with Crippen molar-refractivity contribution in [3.63, 3.8) is 0 Å². The Labute approximate surface area is 243 Å². The topological polar surface area (TPSA) is 144 Å². The van der Waals surface area contributed by atoms with Gasteiger partial charge in [0, 0.05) is 43.0 Å². The molecule has 4 aromatic rings. The fourth-order valence-corrected chi connectivity index (χ4v) is 5.67. The van der Waals surface area contributed by atoms with Gasteiger partial charge in [-0.25, -0.2) is 9.97 Å². The summed E-state index contributed by atoms with van der Waals surface area (Å²) in [6, 6.07) is 8.65. The maximum absolute atomic E-state index is 13.1. The maximum atomic E-state index is 13.1. The predicted octanol–water partition coefficient (Wildman–Crippen LogP) is 4.38. The van der Waals surface area contributed by atoms with E-state index in [2.05, 4.69) is 15.0 Å². The van der Waals surface area contributed by atoms with Gasteiger partial charge in [0.1, 0.15) is 22.4 Å². The highest BCUT2D eigenvalue weighted by Gasteiger charge is 2.50. The Morgan fingerprint density at radius 3 is 2.58 bits per heavy atom. The van der Waals surface area contributed by atoms with Crippen molar-refractivity contribution in [1.29, 1.82) is 10.8 Å². The molecule has 0 radical (unpaired) electrons. The average Bonchev–Trinajstić information content (AvgIpc) is 3.64. The van der Waals surface area contributed by atoms with Crippen molar-refractivity contribution in [2.24, 2.45) is 0 Å². The number of para-hydroxylation sites is 1. The molecule has 3 saturated heterocycles. The number of aromatic nitrogens is 3. The molecule has 0 bridgehead atoms. The third-order valence-corrected chi connectivity index (χ3v) is 8.15. The first-order chi connectivity index (χ1) is 20.6. The van der Waals surface area contributed by atoms with Gasteiger partial charge in [0.15, 0.2) is 11.4 Å². The number of pyridine rings is 1. The van der Waals surface area contributed by atoms with Gasteiger partial charge in [-0.3, -0.25) is 10.2 Å². The Bertz CT molecular complexity index is 1740. The Kier molecular flexibility index (Phi) is 7.42. The number of alkyl halides is 3. The summed E-state index contributed by atoms with van der Waals surface area (Å²) in [5.41, 5.74) is 1.65. The number of anilines is 2. The maximum Gasteiger partial charge on any atom is 0.451 e. The van der Waals surface area contributed by atoms with Crippen molar-refractivity contribution >= 4 is 45.5 Å². The average molecular weight is 598 g/mol. The van der Waals surface area contributed by atoms with Gasteiger partial charge in [-0.05, 0) is 38.0 Å². The third-order valence-electron chi connectivity index (χ3n) is 8.15. The van der Waals surface area contributed by atoms with E-state index in [4.69, 9.17) is 24.7 Å². The van der Waals surface area contributed by atoms with E-state index in [0.29, 0.717) is 67.3 Å². The van der Waals surface area contributed by atoms with Crippen LogP contribution in [0.4, 0.5) is 24.7 Å². The largest absolute Gasteiger partial charge is 0.451 e. The van der Waals surface area contributed by atoms with Gasteiger partial charge < -0.3 is 34.1 Å². The quantitative estimate of drug-likeness (QED) is 0.294. The second-order valence-corrected chi connectivity index (χ2v) is 10.8. The molecule has 3 aromatic heterocycles. The van der Waals surface area contributed by atoms with E-state index >= 15 is 0 Å². The van der Waals surface area contributed by atoms with E-state index in [1.54, 1.807) is 30.3 Å². The van der Waals surface area contributed by atoms with Gasteiger partial charge in [0.05, 0.1) is 31.6 Å². The monoisotopic (exact) mass is 597 g/mol. The summed E-state index contributed by atoms with van der Waals surface area (Å²) in [4.78, 5) is 26.1. The van der Waals surface area contributed by atoms with Crippen LogP contribution in [0.1, 0.15) is 31.2 Å². The molecule has 1 spiro atoms. The molecule has 1 aromatic carbocycles. The SMILES string of the molecule is CC1N(c2cc(C(=N)C=N)c[nH]c2=O)CCOC12COC2.FC(F)(F)c1nc(N2CCCC2)c2oc3ccccc3c2n1. The molecule has 11 nitrogen and oxygen atoms in total. The number of H-pyrrole nitrogens is 1. The summed E-state index contributed by atoms with van der Waals surface area (Å²) < 4.78 is 56.2. The van der Waals surface area contributed by atoms with Gasteiger partial charge in [-0.2, -0.15) is 13.2 Å². The minimum atomic E-state index is -4.58. The van der Waals surface area contributed by atoms with Crippen LogP contribution in [0.2, 0.25) is 0 Å². The molecule has 6 heterocycles. The Balaban J connectivity index is 0.000000153. The number of nitrogens with one attached hydrogen (secondary N) is 3. The lowest BCUT2D eigenvalue weighted by Gasteiger charge is -2.53. The fourth-order valence-electron chi connectivity index (χ4n) is 5.67. The molecule has 1 unspecified atom stereocenters. The van der Waals surface area contributed by atoms with Crippen LogP contribution < -0.4 is 15.4 Å². The third kappa shape index (κ3) is 5.25. The number of nitrogens with zero attached hydrogens (tertiary/aromatic N) is 4. The van der Waals surface area contributed by atoms with Gasteiger partial charge in [0.2, 0.25) is 5.82 Å². The lowest BCUT2D eigenvalue weighted by molar-refractivity contribution is -0.228. The van der Waals surface area contributed by atoms with Crippen LogP contribution in [0.25, 0.3) is 22.1 Å². The van der Waals surface area contributed by atoms with E-state index in [0.717, 1.165) is 19.1 Å². The zero-order valence-corrected chi connectivity index (χ0v) is 23.3. The molecule has 0 amide bonds. The first-order valence-corrected chi connectivity index (χ1v) is 13.9. The van der Waals surface area contributed by atoms with Crippen molar-refractivity contribution in [3.05, 3.63) is 58.3 Å². The minimum absolute atomic E-state index is 0.0190. The highest BCUT2D eigenvalue weighted by Crippen LogP contribution is 2.37. The summed E-state index contributed by atoms with van der Waals surface area (Å²) in [6.07, 6.45) is -0.283. The molecular weight excluding hydrogens is 567 g/mol. The summed E-state index contributed by atoms with van der Waals surface area (Å²) >= 11 is 0. The van der Waals surface area contributed by atoms with Gasteiger partial charge in [0.25, 0.3) is 5.56 Å². The molecule has 0 saturated carbocycles. The molecule has 226 valence electrons. The van der Waals surface area contributed by atoms with Crippen molar-refractivity contribution in [2.45, 2.75) is 37.6 Å². The van der Waals surface area contributed by atoms with Gasteiger partial charge >= 0.3 is 6.18 Å². The van der Waals surface area contributed by atoms with Crippen molar-refractivity contribution < 1.29 is 27.1 Å². The number of halogens is 3. The summed E-state index contributed by atoms with van der Waals surface area (Å²) in [7, 11) is 0. The molecule has 0 aliphatic carbocycles. The van der Waals surface area contributed by atoms with Crippen molar-refractivity contribution in [1.82, 2.24) is 15.0 Å². The first-order valence-electron chi connectivity index (χ1n) is 13.9. The summed E-state index contributed by atoms with van der Waals surface area (Å²) in [5, 5.41) is 15.4. The molecule has 3 N–H and O–H groups in total. The number of aromatic amines is 1. The smallest absolute Gasteiger partial charge is 0.450 e. The Morgan fingerprint density at radius 2 is 1.91 bits per heavy atom. The molecule has 43 heavy (non-hydrogen) atoms. The number of morpholine rings is 1. The number of rotatable bonds is 4.